The second kappa shape index (κ2) is 6.76. The summed E-state index contributed by atoms with van der Waals surface area (Å²) in [5.74, 6) is 0.224. The van der Waals surface area contributed by atoms with Crippen molar-refractivity contribution in [2.24, 2.45) is 0 Å². The number of nitrogens with zero attached hydrogens (tertiary/aromatic N) is 2. The topological polar surface area (TPSA) is 56.4 Å². The van der Waals surface area contributed by atoms with Gasteiger partial charge in [0.15, 0.2) is 0 Å². The Morgan fingerprint density at radius 1 is 1.07 bits per heavy atom. The van der Waals surface area contributed by atoms with Crippen LogP contribution in [0.4, 0.5) is 5.69 Å². The Bertz CT molecular complexity index is 1120. The molecule has 5 heteroatoms. The summed E-state index contributed by atoms with van der Waals surface area (Å²) in [4.78, 5) is 32.8. The molecule has 5 nitrogen and oxygen atoms in total. The zero-order valence-electron chi connectivity index (χ0n) is 16.9. The molecule has 0 radical (unpaired) electrons. The lowest BCUT2D eigenvalue weighted by Gasteiger charge is -2.36. The van der Waals surface area contributed by atoms with Crippen LogP contribution in [0.15, 0.2) is 42.5 Å². The second-order valence-corrected chi connectivity index (χ2v) is 8.32. The summed E-state index contributed by atoms with van der Waals surface area (Å²) in [5.41, 5.74) is 6.19. The predicted molar refractivity (Wildman–Crippen MR) is 114 cm³/mol. The van der Waals surface area contributed by atoms with E-state index in [1.165, 1.54) is 5.56 Å². The van der Waals surface area contributed by atoms with E-state index < -0.39 is 0 Å². The number of anilines is 1. The van der Waals surface area contributed by atoms with Crippen molar-refractivity contribution < 1.29 is 9.59 Å². The first-order chi connectivity index (χ1) is 14.0. The highest BCUT2D eigenvalue weighted by atomic mass is 16.2. The number of hydrogen-bond donors (Lipinski definition) is 1. The van der Waals surface area contributed by atoms with Crippen LogP contribution in [-0.2, 0) is 11.2 Å². The summed E-state index contributed by atoms with van der Waals surface area (Å²) < 4.78 is 0. The van der Waals surface area contributed by atoms with Gasteiger partial charge in [0, 0.05) is 35.7 Å². The number of carbonyl (C=O) groups is 2. The van der Waals surface area contributed by atoms with Gasteiger partial charge in [-0.3, -0.25) is 9.59 Å². The molecule has 2 aliphatic heterocycles. The van der Waals surface area contributed by atoms with Crippen LogP contribution in [0.1, 0.15) is 40.0 Å². The van der Waals surface area contributed by atoms with Gasteiger partial charge in [-0.2, -0.15) is 0 Å². The fraction of sp³-hybridized carbons (Fsp3) is 0.333. The van der Waals surface area contributed by atoms with Gasteiger partial charge in [-0.1, -0.05) is 29.8 Å². The number of aromatic amines is 1. The van der Waals surface area contributed by atoms with Gasteiger partial charge < -0.3 is 14.8 Å². The van der Waals surface area contributed by atoms with Crippen molar-refractivity contribution in [2.75, 3.05) is 18.0 Å². The summed E-state index contributed by atoms with van der Waals surface area (Å²) in [6, 6.07) is 14.4. The number of H-pyrrole nitrogens is 1. The van der Waals surface area contributed by atoms with Crippen LogP contribution in [0.2, 0.25) is 0 Å². The number of fused-ring (bicyclic) bond motifs is 2. The average molecular weight is 387 g/mol. The summed E-state index contributed by atoms with van der Waals surface area (Å²) >= 11 is 0. The average Bonchev–Trinajstić information content (AvgIpc) is 3.28. The van der Waals surface area contributed by atoms with Gasteiger partial charge >= 0.3 is 0 Å². The largest absolute Gasteiger partial charge is 0.350 e. The van der Waals surface area contributed by atoms with E-state index in [-0.39, 0.29) is 17.9 Å². The highest BCUT2D eigenvalue weighted by Crippen LogP contribution is 2.33. The zero-order chi connectivity index (χ0) is 20.1. The van der Waals surface area contributed by atoms with Crippen molar-refractivity contribution in [3.8, 4) is 0 Å². The number of para-hydroxylation sites is 1. The summed E-state index contributed by atoms with van der Waals surface area (Å²) in [5, 5.41) is 1.08. The fourth-order valence-electron chi connectivity index (χ4n) is 4.90. The SMILES string of the molecule is Cc1cc(C)c2[nH]c(C(=O)N3CCC(N4C(=O)Cc5ccccc54)CC3)cc2c1. The van der Waals surface area contributed by atoms with Gasteiger partial charge in [0.25, 0.3) is 5.91 Å². The first-order valence-corrected chi connectivity index (χ1v) is 10.3. The van der Waals surface area contributed by atoms with E-state index in [2.05, 4.69) is 31.0 Å². The molecule has 29 heavy (non-hydrogen) atoms. The number of rotatable bonds is 2. The molecule has 0 spiro atoms. The first kappa shape index (κ1) is 18.0. The predicted octanol–water partition coefficient (Wildman–Crippen LogP) is 3.98. The fourth-order valence-corrected chi connectivity index (χ4v) is 4.90. The maximum absolute atomic E-state index is 13.1. The third-order valence-electron chi connectivity index (χ3n) is 6.28. The molecular formula is C24H25N3O2. The van der Waals surface area contributed by atoms with E-state index in [9.17, 15) is 9.59 Å². The summed E-state index contributed by atoms with van der Waals surface area (Å²) in [6.07, 6.45) is 2.11. The Morgan fingerprint density at radius 3 is 2.62 bits per heavy atom. The third kappa shape index (κ3) is 3.01. The maximum Gasteiger partial charge on any atom is 0.270 e. The van der Waals surface area contributed by atoms with Crippen LogP contribution in [0, 0.1) is 13.8 Å². The molecule has 0 atom stereocenters. The van der Waals surface area contributed by atoms with Crippen LogP contribution in [0.5, 0.6) is 0 Å². The van der Waals surface area contributed by atoms with Crippen LogP contribution in [0.25, 0.3) is 10.9 Å². The smallest absolute Gasteiger partial charge is 0.270 e. The number of carbonyl (C=O) groups excluding carboxylic acids is 2. The molecule has 0 bridgehead atoms. The number of piperidine rings is 1. The lowest BCUT2D eigenvalue weighted by molar-refractivity contribution is -0.118. The van der Waals surface area contributed by atoms with Crippen LogP contribution in [0.3, 0.4) is 0 Å². The molecule has 148 valence electrons. The van der Waals surface area contributed by atoms with Crippen molar-refractivity contribution in [3.63, 3.8) is 0 Å². The Balaban J connectivity index is 1.32. The Labute approximate surface area is 170 Å². The molecule has 1 aromatic heterocycles. The van der Waals surface area contributed by atoms with Gasteiger partial charge in [0.05, 0.1) is 6.42 Å². The standard InChI is InChI=1S/C24H25N3O2/c1-15-11-16(2)23-18(12-15)13-20(25-23)24(29)26-9-7-19(8-10-26)27-21-6-4-3-5-17(21)14-22(27)28/h3-6,11-13,19,25H,7-10,14H2,1-2H3. The van der Waals surface area contributed by atoms with E-state index in [1.807, 2.05) is 40.1 Å². The zero-order valence-corrected chi connectivity index (χ0v) is 16.9. The molecule has 2 amide bonds. The Hall–Kier alpha value is -3.08. The minimum atomic E-state index is 0.0462. The molecule has 3 heterocycles. The minimum Gasteiger partial charge on any atom is -0.350 e. The minimum absolute atomic E-state index is 0.0462. The molecule has 5 rings (SSSR count). The van der Waals surface area contributed by atoms with E-state index in [1.54, 1.807) is 0 Å². The van der Waals surface area contributed by atoms with Crippen molar-refractivity contribution in [2.45, 2.75) is 39.2 Å². The van der Waals surface area contributed by atoms with Crippen LogP contribution < -0.4 is 4.90 Å². The number of nitrogens with one attached hydrogen (secondary N) is 1. The van der Waals surface area contributed by atoms with Gasteiger partial charge in [-0.25, -0.2) is 0 Å². The number of benzene rings is 2. The lowest BCUT2D eigenvalue weighted by Crippen LogP contribution is -2.48. The van der Waals surface area contributed by atoms with Crippen molar-refractivity contribution in [1.82, 2.24) is 9.88 Å². The van der Waals surface area contributed by atoms with Crippen LogP contribution in [-0.4, -0.2) is 40.8 Å². The lowest BCUT2D eigenvalue weighted by atomic mass is 10.0. The van der Waals surface area contributed by atoms with Gasteiger partial charge in [0.2, 0.25) is 5.91 Å². The van der Waals surface area contributed by atoms with Gasteiger partial charge in [-0.05, 0) is 56.0 Å². The monoisotopic (exact) mass is 387 g/mol. The first-order valence-electron chi connectivity index (χ1n) is 10.3. The Kier molecular flexibility index (Phi) is 4.19. The summed E-state index contributed by atoms with van der Waals surface area (Å²) in [6.45, 7) is 5.48. The van der Waals surface area contributed by atoms with Crippen molar-refractivity contribution in [1.29, 1.82) is 0 Å². The molecule has 2 aliphatic rings. The molecular weight excluding hydrogens is 362 g/mol. The van der Waals surface area contributed by atoms with Gasteiger partial charge in [-0.15, -0.1) is 0 Å². The second-order valence-electron chi connectivity index (χ2n) is 8.32. The number of aryl methyl sites for hydroxylation is 2. The van der Waals surface area contributed by atoms with E-state index in [0.717, 1.165) is 40.6 Å². The maximum atomic E-state index is 13.1. The molecule has 1 saturated heterocycles. The number of amides is 2. The number of likely N-dealkylation sites (tertiary alicyclic amines) is 1. The molecule has 0 saturated carbocycles. The quantitative estimate of drug-likeness (QED) is 0.723. The Morgan fingerprint density at radius 2 is 1.83 bits per heavy atom. The van der Waals surface area contributed by atoms with Crippen LogP contribution >= 0.6 is 0 Å². The molecule has 1 fully saturated rings. The third-order valence-corrected chi connectivity index (χ3v) is 6.28. The number of hydrogen-bond acceptors (Lipinski definition) is 2. The molecule has 1 N–H and O–H groups in total. The van der Waals surface area contributed by atoms with E-state index >= 15 is 0 Å². The van der Waals surface area contributed by atoms with Gasteiger partial charge in [0.1, 0.15) is 5.69 Å². The highest BCUT2D eigenvalue weighted by Gasteiger charge is 2.35. The normalized spacial score (nSPS) is 17.2. The highest BCUT2D eigenvalue weighted by molar-refractivity contribution is 6.02. The summed E-state index contributed by atoms with van der Waals surface area (Å²) in [7, 11) is 0. The molecule has 2 aromatic carbocycles. The van der Waals surface area contributed by atoms with Crippen molar-refractivity contribution in [3.05, 3.63) is 64.8 Å². The molecule has 0 aliphatic carbocycles. The molecule has 0 unspecified atom stereocenters. The molecule has 3 aromatic rings. The van der Waals surface area contributed by atoms with E-state index in [0.29, 0.717) is 25.2 Å². The van der Waals surface area contributed by atoms with Crippen molar-refractivity contribution >= 4 is 28.4 Å². The number of aromatic nitrogens is 1. The van der Waals surface area contributed by atoms with E-state index in [4.69, 9.17) is 0 Å².